The summed E-state index contributed by atoms with van der Waals surface area (Å²) in [7, 11) is 0. The molecule has 0 radical (unpaired) electrons. The fraction of sp³-hybridized carbons (Fsp3) is 0.690. The van der Waals surface area contributed by atoms with Gasteiger partial charge in [-0.2, -0.15) is 0 Å². The van der Waals surface area contributed by atoms with Crippen LogP contribution in [-0.2, 0) is 20.7 Å². The molecule has 3 amide bonds. The average Bonchev–Trinajstić information content (AvgIpc) is 2.83. The highest BCUT2D eigenvalue weighted by Crippen LogP contribution is 2.28. The standard InChI is InChI=1S/C29H49N3O5/c1-9-11-18-30-26(34)25(23-16-14-22(10-2)15-17-23)32(21(5)13-12-20(3)4)27(35)24(19-33)31-28(36)37-29(6,7)8/h14-17,20-21,24-25,33H,9-13,18-19H2,1-8H3,(H,30,34)(H,31,36). The Morgan fingerprint density at radius 1 is 1.03 bits per heavy atom. The largest absolute Gasteiger partial charge is 0.444 e. The maximum absolute atomic E-state index is 13.9. The van der Waals surface area contributed by atoms with Crippen molar-refractivity contribution in [2.75, 3.05) is 13.2 Å². The number of benzene rings is 1. The van der Waals surface area contributed by atoms with Crippen molar-refractivity contribution >= 4 is 17.9 Å². The lowest BCUT2D eigenvalue weighted by molar-refractivity contribution is -0.146. The molecule has 0 bridgehead atoms. The van der Waals surface area contributed by atoms with Gasteiger partial charge < -0.3 is 25.4 Å². The molecule has 0 saturated carbocycles. The van der Waals surface area contributed by atoms with Gasteiger partial charge in [0.25, 0.3) is 0 Å². The summed E-state index contributed by atoms with van der Waals surface area (Å²) in [5, 5.41) is 15.6. The molecule has 1 rings (SSSR count). The molecule has 8 heteroatoms. The van der Waals surface area contributed by atoms with Gasteiger partial charge >= 0.3 is 6.09 Å². The Morgan fingerprint density at radius 2 is 1.65 bits per heavy atom. The molecule has 0 fully saturated rings. The lowest BCUT2D eigenvalue weighted by Crippen LogP contribution is -2.56. The zero-order chi connectivity index (χ0) is 28.2. The van der Waals surface area contributed by atoms with E-state index in [1.165, 1.54) is 4.90 Å². The fourth-order valence-electron chi connectivity index (χ4n) is 3.99. The van der Waals surface area contributed by atoms with Crippen LogP contribution in [0.1, 0.15) is 98.2 Å². The second-order valence-electron chi connectivity index (χ2n) is 11.1. The van der Waals surface area contributed by atoms with E-state index in [-0.39, 0.29) is 11.9 Å². The summed E-state index contributed by atoms with van der Waals surface area (Å²) in [5.41, 5.74) is 1.05. The summed E-state index contributed by atoms with van der Waals surface area (Å²) in [6, 6.07) is 5.21. The van der Waals surface area contributed by atoms with E-state index in [4.69, 9.17) is 4.74 Å². The summed E-state index contributed by atoms with van der Waals surface area (Å²) >= 11 is 0. The average molecular weight is 520 g/mol. The van der Waals surface area contributed by atoms with E-state index < -0.39 is 36.3 Å². The monoisotopic (exact) mass is 519 g/mol. The van der Waals surface area contributed by atoms with Gasteiger partial charge in [-0.25, -0.2) is 4.79 Å². The number of unbranched alkanes of at least 4 members (excludes halogenated alkanes) is 1. The van der Waals surface area contributed by atoms with Gasteiger partial charge in [-0.05, 0) is 70.4 Å². The smallest absolute Gasteiger partial charge is 0.408 e. The Morgan fingerprint density at radius 3 is 2.14 bits per heavy atom. The number of hydrogen-bond donors (Lipinski definition) is 3. The molecular formula is C29H49N3O5. The minimum atomic E-state index is -1.25. The highest BCUT2D eigenvalue weighted by molar-refractivity contribution is 5.92. The number of ether oxygens (including phenoxy) is 1. The van der Waals surface area contributed by atoms with Crippen molar-refractivity contribution in [2.45, 2.75) is 111 Å². The minimum absolute atomic E-state index is 0.281. The van der Waals surface area contributed by atoms with Crippen LogP contribution in [0.5, 0.6) is 0 Å². The molecule has 1 aromatic rings. The van der Waals surface area contributed by atoms with Gasteiger partial charge in [-0.15, -0.1) is 0 Å². The van der Waals surface area contributed by atoms with Crippen LogP contribution in [0.3, 0.4) is 0 Å². The Labute approximate surface area is 223 Å². The Bertz CT molecular complexity index is 848. The normalized spacial score (nSPS) is 14.0. The Hall–Kier alpha value is -2.61. The van der Waals surface area contributed by atoms with E-state index in [2.05, 4.69) is 31.4 Å². The van der Waals surface area contributed by atoms with Crippen molar-refractivity contribution in [3.63, 3.8) is 0 Å². The first-order valence-corrected chi connectivity index (χ1v) is 13.6. The highest BCUT2D eigenvalue weighted by Gasteiger charge is 2.38. The molecule has 0 heterocycles. The SMILES string of the molecule is CCCCNC(=O)C(c1ccc(CC)cc1)N(C(=O)C(CO)NC(=O)OC(C)(C)C)C(C)CCC(C)C. The molecule has 0 aliphatic rings. The Kier molecular flexibility index (Phi) is 13.7. The molecule has 3 unspecified atom stereocenters. The van der Waals surface area contributed by atoms with E-state index in [1.54, 1.807) is 20.8 Å². The summed E-state index contributed by atoms with van der Waals surface area (Å²) in [6.07, 6.45) is 3.32. The number of carbonyl (C=O) groups is 3. The number of nitrogens with one attached hydrogen (secondary N) is 2. The number of rotatable bonds is 14. The zero-order valence-electron chi connectivity index (χ0n) is 24.1. The Balaban J connectivity index is 3.48. The van der Waals surface area contributed by atoms with Crippen molar-refractivity contribution in [2.24, 2.45) is 5.92 Å². The molecule has 0 aliphatic carbocycles. The van der Waals surface area contributed by atoms with Crippen LogP contribution in [-0.4, -0.2) is 58.8 Å². The number of alkyl carbamates (subject to hydrolysis) is 1. The molecule has 0 aliphatic heterocycles. The number of aliphatic hydroxyl groups excluding tert-OH is 1. The first-order chi connectivity index (χ1) is 17.3. The van der Waals surface area contributed by atoms with E-state index >= 15 is 0 Å². The maximum atomic E-state index is 13.9. The van der Waals surface area contributed by atoms with Crippen LogP contribution >= 0.6 is 0 Å². The predicted octanol–water partition coefficient (Wildman–Crippen LogP) is 4.75. The van der Waals surface area contributed by atoms with E-state index in [0.29, 0.717) is 24.4 Å². The number of aliphatic hydroxyl groups is 1. The fourth-order valence-corrected chi connectivity index (χ4v) is 3.99. The summed E-state index contributed by atoms with van der Waals surface area (Å²) in [4.78, 5) is 41.5. The third kappa shape index (κ3) is 11.1. The summed E-state index contributed by atoms with van der Waals surface area (Å²) in [6.45, 7) is 15.3. The summed E-state index contributed by atoms with van der Waals surface area (Å²) < 4.78 is 5.31. The van der Waals surface area contributed by atoms with Crippen molar-refractivity contribution in [3.05, 3.63) is 35.4 Å². The van der Waals surface area contributed by atoms with E-state index in [0.717, 1.165) is 31.2 Å². The zero-order valence-corrected chi connectivity index (χ0v) is 24.1. The van der Waals surface area contributed by atoms with Gasteiger partial charge in [-0.3, -0.25) is 9.59 Å². The van der Waals surface area contributed by atoms with Crippen molar-refractivity contribution in [1.82, 2.24) is 15.5 Å². The second-order valence-corrected chi connectivity index (χ2v) is 11.1. The topological polar surface area (TPSA) is 108 Å². The van der Waals surface area contributed by atoms with Gasteiger partial charge in [0.2, 0.25) is 11.8 Å². The second kappa shape index (κ2) is 15.6. The third-order valence-electron chi connectivity index (χ3n) is 6.12. The summed E-state index contributed by atoms with van der Waals surface area (Å²) in [5.74, 6) is -0.398. The van der Waals surface area contributed by atoms with Crippen molar-refractivity contribution < 1.29 is 24.2 Å². The first-order valence-electron chi connectivity index (χ1n) is 13.6. The van der Waals surface area contributed by atoms with Gasteiger partial charge in [0, 0.05) is 12.6 Å². The van der Waals surface area contributed by atoms with E-state index in [9.17, 15) is 19.5 Å². The molecule has 0 saturated heterocycles. The van der Waals surface area contributed by atoms with Crippen LogP contribution in [0.4, 0.5) is 4.79 Å². The number of aryl methyl sites for hydroxylation is 1. The van der Waals surface area contributed by atoms with Crippen LogP contribution in [0.15, 0.2) is 24.3 Å². The third-order valence-corrected chi connectivity index (χ3v) is 6.12. The van der Waals surface area contributed by atoms with E-state index in [1.807, 2.05) is 38.1 Å². The number of amides is 3. The molecule has 0 aromatic heterocycles. The van der Waals surface area contributed by atoms with Crippen LogP contribution < -0.4 is 10.6 Å². The van der Waals surface area contributed by atoms with Crippen LogP contribution in [0.2, 0.25) is 0 Å². The molecule has 37 heavy (non-hydrogen) atoms. The predicted molar refractivity (Wildman–Crippen MR) is 147 cm³/mol. The molecule has 1 aromatic carbocycles. The van der Waals surface area contributed by atoms with Gasteiger partial charge in [0.15, 0.2) is 0 Å². The van der Waals surface area contributed by atoms with Crippen molar-refractivity contribution in [1.29, 1.82) is 0 Å². The lowest BCUT2D eigenvalue weighted by atomic mass is 9.96. The molecule has 0 spiro atoms. The number of hydrogen-bond acceptors (Lipinski definition) is 5. The van der Waals surface area contributed by atoms with Crippen LogP contribution in [0, 0.1) is 5.92 Å². The highest BCUT2D eigenvalue weighted by atomic mass is 16.6. The van der Waals surface area contributed by atoms with Gasteiger partial charge in [-0.1, -0.05) is 58.4 Å². The molecular weight excluding hydrogens is 470 g/mol. The molecule has 3 N–H and O–H groups in total. The number of carbonyl (C=O) groups excluding carboxylic acids is 3. The lowest BCUT2D eigenvalue weighted by Gasteiger charge is -2.38. The maximum Gasteiger partial charge on any atom is 0.408 e. The minimum Gasteiger partial charge on any atom is -0.444 e. The molecule has 8 nitrogen and oxygen atoms in total. The first kappa shape index (κ1) is 32.4. The van der Waals surface area contributed by atoms with Gasteiger partial charge in [0.1, 0.15) is 17.7 Å². The molecule has 210 valence electrons. The number of nitrogens with zero attached hydrogens (tertiary/aromatic N) is 1. The van der Waals surface area contributed by atoms with Crippen LogP contribution in [0.25, 0.3) is 0 Å². The van der Waals surface area contributed by atoms with Crippen molar-refractivity contribution in [3.8, 4) is 0 Å². The quantitative estimate of drug-likeness (QED) is 0.308. The molecule has 3 atom stereocenters. The van der Waals surface area contributed by atoms with Gasteiger partial charge in [0.05, 0.1) is 6.61 Å².